The maximum Gasteiger partial charge on any atom is 0.318 e. The number of aliphatic hydroxyl groups excluding tert-OH is 1. The number of amides is 3. The number of nitrogens with zero attached hydrogens (tertiary/aromatic N) is 2. The highest BCUT2D eigenvalue weighted by atomic mass is 16.3. The Morgan fingerprint density at radius 1 is 1.03 bits per heavy atom. The first-order valence-corrected chi connectivity index (χ1v) is 9.99. The molecule has 0 aromatic heterocycles. The average molecular weight is 396 g/mol. The van der Waals surface area contributed by atoms with Crippen LogP contribution in [0.15, 0.2) is 60.7 Å². The van der Waals surface area contributed by atoms with Crippen LogP contribution < -0.4 is 5.32 Å². The number of likely N-dealkylation sites (N-methyl/N-ethyl adjacent to an activating group) is 1. The molecule has 3 rings (SSSR count). The molecule has 1 saturated heterocycles. The molecule has 154 valence electrons. The van der Waals surface area contributed by atoms with Gasteiger partial charge in [-0.2, -0.15) is 0 Å². The molecule has 6 heteroatoms. The fraction of sp³-hybridized carbons (Fsp3) is 0.391. The maximum atomic E-state index is 12.8. The summed E-state index contributed by atoms with van der Waals surface area (Å²) in [6.07, 6.45) is 0. The zero-order valence-corrected chi connectivity index (χ0v) is 17.2. The van der Waals surface area contributed by atoms with Gasteiger partial charge in [0.1, 0.15) is 0 Å². The van der Waals surface area contributed by atoms with Gasteiger partial charge in [-0.3, -0.25) is 4.79 Å². The van der Waals surface area contributed by atoms with Crippen LogP contribution in [0.1, 0.15) is 35.7 Å². The zero-order valence-electron chi connectivity index (χ0n) is 17.2. The third kappa shape index (κ3) is 4.43. The van der Waals surface area contributed by atoms with E-state index in [2.05, 4.69) is 5.32 Å². The summed E-state index contributed by atoms with van der Waals surface area (Å²) in [6, 6.07) is 18.2. The minimum absolute atomic E-state index is 0.0121. The highest BCUT2D eigenvalue weighted by molar-refractivity contribution is 5.94. The molecule has 0 radical (unpaired) electrons. The fourth-order valence-electron chi connectivity index (χ4n) is 4.06. The lowest BCUT2D eigenvalue weighted by molar-refractivity contribution is -0.0190. The summed E-state index contributed by atoms with van der Waals surface area (Å²) >= 11 is 0. The third-order valence-electron chi connectivity index (χ3n) is 5.39. The molecule has 0 aliphatic carbocycles. The molecule has 1 aliphatic heterocycles. The summed E-state index contributed by atoms with van der Waals surface area (Å²) in [5, 5.41) is 12.9. The Balaban J connectivity index is 1.85. The second-order valence-electron chi connectivity index (χ2n) is 7.82. The van der Waals surface area contributed by atoms with Gasteiger partial charge in [0.25, 0.3) is 5.91 Å². The Morgan fingerprint density at radius 2 is 1.62 bits per heavy atom. The average Bonchev–Trinajstić information content (AvgIpc) is 2.71. The van der Waals surface area contributed by atoms with Crippen LogP contribution in [0.5, 0.6) is 0 Å². The van der Waals surface area contributed by atoms with E-state index in [-0.39, 0.29) is 42.6 Å². The lowest BCUT2D eigenvalue weighted by atomic mass is 9.75. The summed E-state index contributed by atoms with van der Waals surface area (Å²) in [4.78, 5) is 29.0. The number of rotatable bonds is 6. The molecule has 3 amide bonds. The number of likely N-dealkylation sites (tertiary alicyclic amines) is 1. The van der Waals surface area contributed by atoms with Crippen molar-refractivity contribution in [1.82, 2.24) is 15.1 Å². The Labute approximate surface area is 172 Å². The van der Waals surface area contributed by atoms with Crippen molar-refractivity contribution in [2.75, 3.05) is 20.2 Å². The van der Waals surface area contributed by atoms with E-state index in [1.165, 1.54) is 0 Å². The second kappa shape index (κ2) is 9.09. The van der Waals surface area contributed by atoms with Crippen molar-refractivity contribution < 1.29 is 14.7 Å². The number of aliphatic hydroxyl groups is 1. The number of nitrogens with one attached hydrogen (secondary N) is 1. The second-order valence-corrected chi connectivity index (χ2v) is 7.82. The Bertz CT molecular complexity index is 826. The van der Waals surface area contributed by atoms with E-state index in [4.69, 9.17) is 0 Å². The van der Waals surface area contributed by atoms with E-state index in [9.17, 15) is 14.7 Å². The van der Waals surface area contributed by atoms with Crippen LogP contribution in [0.25, 0.3) is 0 Å². The van der Waals surface area contributed by atoms with Gasteiger partial charge in [-0.25, -0.2) is 4.79 Å². The smallest absolute Gasteiger partial charge is 0.318 e. The van der Waals surface area contributed by atoms with E-state index in [1.807, 2.05) is 62.4 Å². The molecule has 2 aromatic rings. The first-order valence-electron chi connectivity index (χ1n) is 9.99. The molecule has 1 heterocycles. The van der Waals surface area contributed by atoms with Crippen LogP contribution in [0.4, 0.5) is 4.79 Å². The van der Waals surface area contributed by atoms with Crippen molar-refractivity contribution in [1.29, 1.82) is 0 Å². The molecule has 0 spiro atoms. The Morgan fingerprint density at radius 3 is 2.17 bits per heavy atom. The number of carbonyl (C=O) groups is 2. The first kappa shape index (κ1) is 20.9. The topological polar surface area (TPSA) is 72.9 Å². The zero-order chi connectivity index (χ0) is 21.0. The van der Waals surface area contributed by atoms with E-state index in [0.717, 1.165) is 5.56 Å². The minimum atomic E-state index is -0.318. The fourth-order valence-corrected chi connectivity index (χ4v) is 4.06. The number of hydrogen-bond donors (Lipinski definition) is 2. The molecule has 6 nitrogen and oxygen atoms in total. The lowest BCUT2D eigenvalue weighted by Crippen LogP contribution is -2.70. The van der Waals surface area contributed by atoms with Crippen molar-refractivity contribution in [2.45, 2.75) is 37.9 Å². The normalized spacial score (nSPS) is 20.9. The van der Waals surface area contributed by atoms with Gasteiger partial charge >= 0.3 is 6.03 Å². The molecular weight excluding hydrogens is 366 g/mol. The largest absolute Gasteiger partial charge is 0.394 e. The van der Waals surface area contributed by atoms with E-state index >= 15 is 0 Å². The quantitative estimate of drug-likeness (QED) is 0.790. The van der Waals surface area contributed by atoms with Crippen molar-refractivity contribution in [3.63, 3.8) is 0 Å². The number of carbonyl (C=O) groups excluding carboxylic acids is 2. The number of benzene rings is 2. The molecule has 0 unspecified atom stereocenters. The molecule has 1 aliphatic rings. The van der Waals surface area contributed by atoms with Gasteiger partial charge < -0.3 is 20.2 Å². The predicted octanol–water partition coefficient (Wildman–Crippen LogP) is 2.71. The van der Waals surface area contributed by atoms with Crippen molar-refractivity contribution in [2.24, 2.45) is 0 Å². The van der Waals surface area contributed by atoms with Crippen molar-refractivity contribution >= 4 is 11.9 Å². The number of urea groups is 1. The van der Waals surface area contributed by atoms with Crippen molar-refractivity contribution in [3.8, 4) is 0 Å². The minimum Gasteiger partial charge on any atom is -0.394 e. The molecular formula is C23H29N3O3. The standard InChI is InChI=1S/C23H29N3O3/c1-16(2)24-23(29)26-19(14-25(3)22(28)18-12-8-5-9-13-18)21(20(26)15-27)17-10-6-4-7-11-17/h4-13,16,19-21,27H,14-15H2,1-3H3,(H,24,29)/t19-,20+,21-/m1/s1. The van der Waals surface area contributed by atoms with Crippen LogP contribution in [0.3, 0.4) is 0 Å². The molecule has 0 bridgehead atoms. The van der Waals surface area contributed by atoms with E-state index in [1.54, 1.807) is 29.0 Å². The van der Waals surface area contributed by atoms with Gasteiger partial charge in [-0.15, -0.1) is 0 Å². The van der Waals surface area contributed by atoms with Crippen LogP contribution in [0.2, 0.25) is 0 Å². The predicted molar refractivity (Wildman–Crippen MR) is 113 cm³/mol. The first-order chi connectivity index (χ1) is 13.9. The van der Waals surface area contributed by atoms with Gasteiger partial charge in [0.15, 0.2) is 0 Å². The molecule has 0 saturated carbocycles. The number of hydrogen-bond acceptors (Lipinski definition) is 3. The Hall–Kier alpha value is -2.86. The SMILES string of the molecule is CC(C)NC(=O)N1[C@H](CN(C)C(=O)c2ccccc2)[C@@H](c2ccccc2)[C@@H]1CO. The lowest BCUT2D eigenvalue weighted by Gasteiger charge is -2.55. The summed E-state index contributed by atoms with van der Waals surface area (Å²) in [5.41, 5.74) is 1.67. The molecule has 3 atom stereocenters. The van der Waals surface area contributed by atoms with Crippen LogP contribution in [-0.4, -0.2) is 65.2 Å². The highest BCUT2D eigenvalue weighted by Crippen LogP contribution is 2.41. The summed E-state index contributed by atoms with van der Waals surface area (Å²) in [5.74, 6) is -0.126. The van der Waals surface area contributed by atoms with Gasteiger partial charge in [-0.05, 0) is 31.5 Å². The summed E-state index contributed by atoms with van der Waals surface area (Å²) < 4.78 is 0. The van der Waals surface area contributed by atoms with Crippen molar-refractivity contribution in [3.05, 3.63) is 71.8 Å². The molecule has 2 aromatic carbocycles. The summed E-state index contributed by atoms with van der Waals surface area (Å²) in [6.45, 7) is 4.06. The monoisotopic (exact) mass is 395 g/mol. The highest BCUT2D eigenvalue weighted by Gasteiger charge is 2.51. The van der Waals surface area contributed by atoms with Gasteiger partial charge in [-0.1, -0.05) is 48.5 Å². The maximum absolute atomic E-state index is 12.8. The third-order valence-corrected chi connectivity index (χ3v) is 5.39. The van der Waals surface area contributed by atoms with Crippen LogP contribution in [0, 0.1) is 0 Å². The summed E-state index contributed by atoms with van der Waals surface area (Å²) in [7, 11) is 1.75. The van der Waals surface area contributed by atoms with Crippen LogP contribution >= 0.6 is 0 Å². The van der Waals surface area contributed by atoms with Gasteiger partial charge in [0.05, 0.1) is 18.7 Å². The van der Waals surface area contributed by atoms with E-state index < -0.39 is 0 Å². The molecule has 29 heavy (non-hydrogen) atoms. The van der Waals surface area contributed by atoms with E-state index in [0.29, 0.717) is 12.1 Å². The van der Waals surface area contributed by atoms with Crippen LogP contribution in [-0.2, 0) is 0 Å². The molecule has 2 N–H and O–H groups in total. The molecule has 1 fully saturated rings. The van der Waals surface area contributed by atoms with Gasteiger partial charge in [0, 0.05) is 31.1 Å². The van der Waals surface area contributed by atoms with Gasteiger partial charge in [0.2, 0.25) is 0 Å². The Kier molecular flexibility index (Phi) is 6.54.